The number of methoxy groups -OCH3 is 1. The number of halogens is 4. The van der Waals surface area contributed by atoms with E-state index in [4.69, 9.17) is 25.5 Å². The minimum absolute atomic E-state index is 0.0832. The molecule has 0 bridgehead atoms. The minimum atomic E-state index is -4.60. The van der Waals surface area contributed by atoms with E-state index in [1.807, 2.05) is 0 Å². The predicted molar refractivity (Wildman–Crippen MR) is 107 cm³/mol. The molecule has 1 atom stereocenters. The Balaban J connectivity index is 1.64. The van der Waals surface area contributed by atoms with Gasteiger partial charge in [-0.1, -0.05) is 11.6 Å². The molecule has 1 aromatic heterocycles. The third-order valence-corrected chi connectivity index (χ3v) is 4.76. The topological polar surface area (TPSA) is 77.8 Å². The second-order valence-corrected chi connectivity index (χ2v) is 7.02. The lowest BCUT2D eigenvalue weighted by Crippen LogP contribution is -2.30. The van der Waals surface area contributed by atoms with Crippen molar-refractivity contribution in [1.82, 2.24) is 0 Å². The second-order valence-electron chi connectivity index (χ2n) is 6.61. The Morgan fingerprint density at radius 3 is 2.61 bits per heavy atom. The van der Waals surface area contributed by atoms with Crippen LogP contribution in [0.15, 0.2) is 47.1 Å². The number of anilines is 1. The fourth-order valence-corrected chi connectivity index (χ4v) is 2.97. The molecule has 0 saturated heterocycles. The molecule has 1 heterocycles. The summed E-state index contributed by atoms with van der Waals surface area (Å²) in [7, 11) is 1.52. The van der Waals surface area contributed by atoms with Crippen LogP contribution in [0.25, 0.3) is 11.0 Å². The fourth-order valence-electron chi connectivity index (χ4n) is 2.81. The quantitative estimate of drug-likeness (QED) is 0.515. The molecular formula is C21H17ClF3NO5. The van der Waals surface area contributed by atoms with Gasteiger partial charge in [0.1, 0.15) is 11.3 Å². The zero-order valence-corrected chi connectivity index (χ0v) is 17.1. The summed E-state index contributed by atoms with van der Waals surface area (Å²) < 4.78 is 54.2. The van der Waals surface area contributed by atoms with Crippen molar-refractivity contribution in [2.24, 2.45) is 0 Å². The molecule has 1 amide bonds. The van der Waals surface area contributed by atoms with Crippen molar-refractivity contribution in [3.05, 3.63) is 58.8 Å². The van der Waals surface area contributed by atoms with Gasteiger partial charge in [0.2, 0.25) is 0 Å². The van der Waals surface area contributed by atoms with Crippen LogP contribution in [-0.2, 0) is 26.9 Å². The van der Waals surface area contributed by atoms with Crippen LogP contribution < -0.4 is 10.1 Å². The number of carbonyl (C=O) groups is 2. The molecule has 3 aromatic rings. The van der Waals surface area contributed by atoms with E-state index in [0.717, 1.165) is 12.1 Å². The number of esters is 1. The van der Waals surface area contributed by atoms with Crippen LogP contribution >= 0.6 is 11.6 Å². The van der Waals surface area contributed by atoms with Gasteiger partial charge in [0.15, 0.2) is 6.10 Å². The molecule has 0 aliphatic carbocycles. The number of nitrogens with one attached hydrogen (secondary N) is 1. The maximum Gasteiger partial charge on any atom is 0.416 e. The summed E-state index contributed by atoms with van der Waals surface area (Å²) in [5, 5.41) is 2.85. The van der Waals surface area contributed by atoms with Gasteiger partial charge in [0.05, 0.1) is 36.1 Å². The lowest BCUT2D eigenvalue weighted by atomic mass is 10.1. The molecule has 0 saturated carbocycles. The summed E-state index contributed by atoms with van der Waals surface area (Å²) in [6.45, 7) is 1.30. The van der Waals surface area contributed by atoms with E-state index in [1.54, 1.807) is 18.2 Å². The first-order valence-corrected chi connectivity index (χ1v) is 9.37. The molecule has 0 radical (unpaired) electrons. The van der Waals surface area contributed by atoms with Crippen molar-refractivity contribution in [3.8, 4) is 5.75 Å². The van der Waals surface area contributed by atoms with E-state index in [0.29, 0.717) is 28.3 Å². The molecule has 31 heavy (non-hydrogen) atoms. The van der Waals surface area contributed by atoms with Crippen LogP contribution in [0.3, 0.4) is 0 Å². The van der Waals surface area contributed by atoms with E-state index >= 15 is 0 Å². The maximum absolute atomic E-state index is 12.9. The first kappa shape index (κ1) is 22.5. The molecule has 0 spiro atoms. The van der Waals surface area contributed by atoms with Crippen LogP contribution in [0, 0.1) is 0 Å². The van der Waals surface area contributed by atoms with Crippen LogP contribution in [0.1, 0.15) is 18.1 Å². The summed E-state index contributed by atoms with van der Waals surface area (Å²) in [5.74, 6) is -0.942. The molecule has 0 unspecified atom stereocenters. The summed E-state index contributed by atoms with van der Waals surface area (Å²) in [6, 6.07) is 7.63. The van der Waals surface area contributed by atoms with Gasteiger partial charge in [-0.25, -0.2) is 0 Å². The maximum atomic E-state index is 12.9. The molecule has 2 aromatic carbocycles. The number of rotatable bonds is 6. The summed E-state index contributed by atoms with van der Waals surface area (Å²) >= 11 is 5.86. The molecule has 0 aliphatic rings. The zero-order chi connectivity index (χ0) is 22.8. The summed E-state index contributed by atoms with van der Waals surface area (Å²) in [5.41, 5.74) is -0.136. The van der Waals surface area contributed by atoms with Crippen molar-refractivity contribution in [3.63, 3.8) is 0 Å². The van der Waals surface area contributed by atoms with Gasteiger partial charge in [0, 0.05) is 17.0 Å². The van der Waals surface area contributed by atoms with Crippen molar-refractivity contribution in [2.75, 3.05) is 12.4 Å². The van der Waals surface area contributed by atoms with Gasteiger partial charge < -0.3 is 19.2 Å². The molecule has 0 fully saturated rings. The first-order chi connectivity index (χ1) is 14.6. The molecule has 164 valence electrons. The number of hydrogen-bond acceptors (Lipinski definition) is 5. The average molecular weight is 456 g/mol. The zero-order valence-electron chi connectivity index (χ0n) is 16.4. The number of furan rings is 1. The Labute approximate surface area is 179 Å². The fraction of sp³-hybridized carbons (Fsp3) is 0.238. The van der Waals surface area contributed by atoms with E-state index < -0.39 is 29.7 Å². The molecule has 6 nitrogen and oxygen atoms in total. The Morgan fingerprint density at radius 2 is 1.94 bits per heavy atom. The largest absolute Gasteiger partial charge is 0.497 e. The number of fused-ring (bicyclic) bond motifs is 1. The number of carbonyl (C=O) groups excluding carboxylic acids is 2. The molecule has 3 rings (SSSR count). The number of hydrogen-bond donors (Lipinski definition) is 1. The monoisotopic (exact) mass is 455 g/mol. The standard InChI is InChI=1S/C21H17ClF3NO5/c1-11(20(28)26-17-8-13(21(23,24)25)3-6-16(17)22)31-19(27)7-12-10-30-18-9-14(29-2)4-5-15(12)18/h3-6,8-11H,7H2,1-2H3,(H,26,28)/t11-/m1/s1. The Bertz CT molecular complexity index is 1130. The number of benzene rings is 2. The minimum Gasteiger partial charge on any atom is -0.497 e. The first-order valence-electron chi connectivity index (χ1n) is 8.99. The second kappa shape index (κ2) is 8.89. The van der Waals surface area contributed by atoms with Gasteiger partial charge in [-0.15, -0.1) is 0 Å². The van der Waals surface area contributed by atoms with Crippen molar-refractivity contribution in [1.29, 1.82) is 0 Å². The van der Waals surface area contributed by atoms with Gasteiger partial charge in [0.25, 0.3) is 5.91 Å². The highest BCUT2D eigenvalue weighted by molar-refractivity contribution is 6.33. The van der Waals surface area contributed by atoms with Gasteiger partial charge >= 0.3 is 12.1 Å². The van der Waals surface area contributed by atoms with Gasteiger partial charge in [-0.3, -0.25) is 9.59 Å². The SMILES string of the molecule is COc1ccc2c(CC(=O)O[C@H](C)C(=O)Nc3cc(C(F)(F)F)ccc3Cl)coc2c1. The Kier molecular flexibility index (Phi) is 6.45. The van der Waals surface area contributed by atoms with Crippen molar-refractivity contribution in [2.45, 2.75) is 25.6 Å². The normalized spacial score (nSPS) is 12.5. The Morgan fingerprint density at radius 1 is 1.19 bits per heavy atom. The van der Waals surface area contributed by atoms with Crippen LogP contribution in [0.5, 0.6) is 5.75 Å². The Hall–Kier alpha value is -3.20. The van der Waals surface area contributed by atoms with E-state index in [9.17, 15) is 22.8 Å². The highest BCUT2D eigenvalue weighted by Crippen LogP contribution is 2.34. The van der Waals surface area contributed by atoms with E-state index in [2.05, 4.69) is 5.32 Å². The highest BCUT2D eigenvalue weighted by atomic mass is 35.5. The third-order valence-electron chi connectivity index (χ3n) is 4.43. The molecular weight excluding hydrogens is 439 g/mol. The average Bonchev–Trinajstić information content (AvgIpc) is 3.10. The van der Waals surface area contributed by atoms with Crippen LogP contribution in [-0.4, -0.2) is 25.1 Å². The molecule has 0 aliphatic heterocycles. The lowest BCUT2D eigenvalue weighted by Gasteiger charge is -2.15. The third kappa shape index (κ3) is 5.29. The van der Waals surface area contributed by atoms with Crippen molar-refractivity contribution < 1.29 is 36.7 Å². The summed E-state index contributed by atoms with van der Waals surface area (Å²) in [6.07, 6.45) is -4.63. The molecule has 1 N–H and O–H groups in total. The smallest absolute Gasteiger partial charge is 0.416 e. The van der Waals surface area contributed by atoms with Crippen molar-refractivity contribution >= 4 is 40.1 Å². The number of ether oxygens (including phenoxy) is 2. The summed E-state index contributed by atoms with van der Waals surface area (Å²) in [4.78, 5) is 24.5. The predicted octanol–water partition coefficient (Wildman–Crippen LogP) is 5.23. The van der Waals surface area contributed by atoms with Gasteiger partial charge in [-0.2, -0.15) is 13.2 Å². The lowest BCUT2D eigenvalue weighted by molar-refractivity contribution is -0.152. The van der Waals surface area contributed by atoms with Gasteiger partial charge in [-0.05, 0) is 37.3 Å². The molecule has 10 heteroatoms. The van der Waals surface area contributed by atoms with E-state index in [-0.39, 0.29) is 17.1 Å². The van der Waals surface area contributed by atoms with E-state index in [1.165, 1.54) is 20.3 Å². The highest BCUT2D eigenvalue weighted by Gasteiger charge is 2.31. The number of amides is 1. The number of alkyl halides is 3. The van der Waals surface area contributed by atoms with Crippen LogP contribution in [0.4, 0.5) is 18.9 Å². The van der Waals surface area contributed by atoms with Crippen LogP contribution in [0.2, 0.25) is 5.02 Å².